The van der Waals surface area contributed by atoms with E-state index in [1.807, 2.05) is 30.3 Å². The summed E-state index contributed by atoms with van der Waals surface area (Å²) < 4.78 is 11.0. The maximum Gasteiger partial charge on any atom is 0.257 e. The summed E-state index contributed by atoms with van der Waals surface area (Å²) in [6.45, 7) is 0. The molecule has 0 radical (unpaired) electrons. The van der Waals surface area contributed by atoms with Crippen LogP contribution < -0.4 is 15.5 Å². The first-order valence-electron chi connectivity index (χ1n) is 8.74. The van der Waals surface area contributed by atoms with E-state index in [0.717, 1.165) is 0 Å². The average molecular weight is 371 g/mol. The maximum absolute atomic E-state index is 13.1. The second-order valence-electron chi connectivity index (χ2n) is 6.18. The topological polar surface area (TPSA) is 68.5 Å². The van der Waals surface area contributed by atoms with Gasteiger partial charge in [-0.25, -0.2) is 0 Å². The van der Waals surface area contributed by atoms with E-state index in [9.17, 15) is 9.59 Å². The number of amides is 1. The van der Waals surface area contributed by atoms with E-state index in [2.05, 4.69) is 5.32 Å². The van der Waals surface area contributed by atoms with Crippen molar-refractivity contribution in [2.45, 2.75) is 0 Å². The molecule has 0 aliphatic rings. The van der Waals surface area contributed by atoms with Gasteiger partial charge in [0.2, 0.25) is 11.3 Å². The van der Waals surface area contributed by atoms with Gasteiger partial charge in [-0.2, -0.15) is 0 Å². The number of carbonyl (C=O) groups is 1. The van der Waals surface area contributed by atoms with Gasteiger partial charge in [0.15, 0.2) is 0 Å². The third-order valence-electron chi connectivity index (χ3n) is 4.44. The lowest BCUT2D eigenvalue weighted by molar-refractivity contribution is 0.102. The van der Waals surface area contributed by atoms with E-state index in [1.165, 1.54) is 0 Å². The number of nitrogens with one attached hydrogen (secondary N) is 1. The first kappa shape index (κ1) is 17.5. The van der Waals surface area contributed by atoms with E-state index in [4.69, 9.17) is 9.15 Å². The zero-order chi connectivity index (χ0) is 19.5. The van der Waals surface area contributed by atoms with E-state index in [-0.39, 0.29) is 17.2 Å². The van der Waals surface area contributed by atoms with Crippen molar-refractivity contribution in [3.05, 3.63) is 94.6 Å². The van der Waals surface area contributed by atoms with Gasteiger partial charge in [0.05, 0.1) is 18.1 Å². The minimum absolute atomic E-state index is 0.121. The molecule has 0 spiro atoms. The van der Waals surface area contributed by atoms with Crippen LogP contribution in [0.5, 0.6) is 5.75 Å². The summed E-state index contributed by atoms with van der Waals surface area (Å²) in [7, 11) is 1.56. The Morgan fingerprint density at radius 1 is 0.893 bits per heavy atom. The van der Waals surface area contributed by atoms with Crippen molar-refractivity contribution in [1.82, 2.24) is 0 Å². The molecule has 1 heterocycles. The fourth-order valence-corrected chi connectivity index (χ4v) is 3.01. The Hall–Kier alpha value is -3.86. The molecule has 1 aromatic heterocycles. The van der Waals surface area contributed by atoms with E-state index < -0.39 is 0 Å². The predicted octanol–water partition coefficient (Wildman–Crippen LogP) is 4.72. The molecular weight excluding hydrogens is 354 g/mol. The lowest BCUT2D eigenvalue weighted by atomic mass is 10.0. The third kappa shape index (κ3) is 3.25. The molecular formula is C23H17NO4. The number of fused-ring (bicyclic) bond motifs is 1. The molecule has 0 unspecified atom stereocenters. The number of benzene rings is 3. The van der Waals surface area contributed by atoms with Crippen LogP contribution in [0.2, 0.25) is 0 Å². The lowest BCUT2D eigenvalue weighted by Gasteiger charge is -2.11. The van der Waals surface area contributed by atoms with Gasteiger partial charge in [-0.1, -0.05) is 42.5 Å². The van der Waals surface area contributed by atoms with Crippen LogP contribution >= 0.6 is 0 Å². The second-order valence-corrected chi connectivity index (χ2v) is 6.18. The van der Waals surface area contributed by atoms with Gasteiger partial charge in [0.25, 0.3) is 5.91 Å². The smallest absolute Gasteiger partial charge is 0.257 e. The van der Waals surface area contributed by atoms with Gasteiger partial charge >= 0.3 is 0 Å². The molecule has 138 valence electrons. The molecule has 0 aliphatic heterocycles. The number of carbonyl (C=O) groups excluding carboxylic acids is 1. The van der Waals surface area contributed by atoms with E-state index in [1.54, 1.807) is 55.6 Å². The highest BCUT2D eigenvalue weighted by molar-refractivity contribution is 6.06. The lowest BCUT2D eigenvalue weighted by Crippen LogP contribution is -2.16. The summed E-state index contributed by atoms with van der Waals surface area (Å²) in [5.41, 5.74) is 1.64. The van der Waals surface area contributed by atoms with Gasteiger partial charge in [0, 0.05) is 5.56 Å². The van der Waals surface area contributed by atoms with Gasteiger partial charge in [-0.3, -0.25) is 14.9 Å². The van der Waals surface area contributed by atoms with Gasteiger partial charge in [-0.15, -0.1) is 0 Å². The molecule has 5 heteroatoms. The molecule has 0 atom stereocenters. The van der Waals surface area contributed by atoms with Crippen molar-refractivity contribution in [3.63, 3.8) is 0 Å². The van der Waals surface area contributed by atoms with Crippen LogP contribution in [0.4, 0.5) is 5.88 Å². The van der Waals surface area contributed by atoms with Crippen molar-refractivity contribution < 1.29 is 13.9 Å². The van der Waals surface area contributed by atoms with Crippen molar-refractivity contribution in [1.29, 1.82) is 0 Å². The molecule has 5 nitrogen and oxygen atoms in total. The Kier molecular flexibility index (Phi) is 4.64. The molecule has 28 heavy (non-hydrogen) atoms. The quantitative estimate of drug-likeness (QED) is 0.563. The average Bonchev–Trinajstić information content (AvgIpc) is 2.74. The predicted molar refractivity (Wildman–Crippen MR) is 109 cm³/mol. The summed E-state index contributed by atoms with van der Waals surface area (Å²) in [4.78, 5) is 25.9. The van der Waals surface area contributed by atoms with Crippen LogP contribution in [0.25, 0.3) is 22.1 Å². The van der Waals surface area contributed by atoms with E-state index >= 15 is 0 Å². The van der Waals surface area contributed by atoms with Crippen molar-refractivity contribution >= 4 is 22.8 Å². The summed E-state index contributed by atoms with van der Waals surface area (Å²) in [6.07, 6.45) is 0. The fourth-order valence-electron chi connectivity index (χ4n) is 3.01. The Balaban J connectivity index is 1.83. The zero-order valence-electron chi connectivity index (χ0n) is 15.1. The first-order valence-corrected chi connectivity index (χ1v) is 8.74. The zero-order valence-corrected chi connectivity index (χ0v) is 15.1. The first-order chi connectivity index (χ1) is 13.7. The number of anilines is 1. The molecule has 3 aromatic carbocycles. The number of hydrogen-bond acceptors (Lipinski definition) is 4. The molecule has 0 fully saturated rings. The molecule has 0 saturated heterocycles. The molecule has 4 aromatic rings. The molecule has 0 aliphatic carbocycles. The molecule has 0 saturated carbocycles. The van der Waals surface area contributed by atoms with Gasteiger partial charge < -0.3 is 9.15 Å². The number of ether oxygens (including phenoxy) is 1. The summed E-state index contributed by atoms with van der Waals surface area (Å²) in [6, 6.07) is 22.8. The monoisotopic (exact) mass is 371 g/mol. The largest absolute Gasteiger partial charge is 0.497 e. The highest BCUT2D eigenvalue weighted by atomic mass is 16.5. The minimum Gasteiger partial charge on any atom is -0.497 e. The van der Waals surface area contributed by atoms with Crippen molar-refractivity contribution in [3.8, 4) is 16.9 Å². The van der Waals surface area contributed by atoms with Crippen LogP contribution in [-0.4, -0.2) is 13.0 Å². The van der Waals surface area contributed by atoms with Crippen molar-refractivity contribution in [2.75, 3.05) is 12.4 Å². The van der Waals surface area contributed by atoms with Gasteiger partial charge in [-0.05, 0) is 42.0 Å². The Morgan fingerprint density at radius 3 is 2.29 bits per heavy atom. The molecule has 1 amide bonds. The highest BCUT2D eigenvalue weighted by Crippen LogP contribution is 2.29. The fraction of sp³-hybridized carbons (Fsp3) is 0.0435. The van der Waals surface area contributed by atoms with Crippen LogP contribution in [-0.2, 0) is 0 Å². The minimum atomic E-state index is -0.377. The van der Waals surface area contributed by atoms with Crippen molar-refractivity contribution in [2.24, 2.45) is 0 Å². The van der Waals surface area contributed by atoms with Gasteiger partial charge in [0.1, 0.15) is 11.3 Å². The summed E-state index contributed by atoms with van der Waals surface area (Å²) in [5, 5.41) is 3.21. The van der Waals surface area contributed by atoms with Crippen LogP contribution in [0, 0.1) is 0 Å². The molecule has 0 bridgehead atoms. The Bertz CT molecular complexity index is 1190. The summed E-state index contributed by atoms with van der Waals surface area (Å²) in [5.74, 6) is 0.396. The van der Waals surface area contributed by atoms with Crippen LogP contribution in [0.3, 0.4) is 0 Å². The third-order valence-corrected chi connectivity index (χ3v) is 4.44. The molecule has 4 rings (SSSR count). The SMILES string of the molecule is COc1ccc(C(=O)Nc2oc3ccccc3c(=O)c2-c2ccccc2)cc1. The standard InChI is InChI=1S/C23H17NO4/c1-27-17-13-11-16(12-14-17)22(26)24-23-20(15-7-3-2-4-8-15)21(25)18-9-5-6-10-19(18)28-23/h2-14H,1H3,(H,24,26). The van der Waals surface area contributed by atoms with E-state index in [0.29, 0.717) is 33.4 Å². The van der Waals surface area contributed by atoms with Crippen LogP contribution in [0.1, 0.15) is 10.4 Å². The second kappa shape index (κ2) is 7.40. The normalized spacial score (nSPS) is 10.6. The number of hydrogen-bond donors (Lipinski definition) is 1. The number of para-hydroxylation sites is 1. The number of methoxy groups -OCH3 is 1. The maximum atomic E-state index is 13.1. The number of rotatable bonds is 4. The molecule has 1 N–H and O–H groups in total. The van der Waals surface area contributed by atoms with Crippen LogP contribution in [0.15, 0.2) is 88.1 Å². The highest BCUT2D eigenvalue weighted by Gasteiger charge is 2.18. The Labute approximate surface area is 161 Å². The summed E-state index contributed by atoms with van der Waals surface area (Å²) >= 11 is 0. The Morgan fingerprint density at radius 2 is 1.57 bits per heavy atom.